The smallest absolute Gasteiger partial charge is 0.405 e. The van der Waals surface area contributed by atoms with E-state index in [2.05, 4.69) is 36.7 Å². The number of hydrogen-bond donors (Lipinski definition) is 0. The monoisotopic (exact) mass is 300 g/mol. The Morgan fingerprint density at radius 1 is 1.29 bits per heavy atom. The molecule has 0 unspecified atom stereocenters. The minimum atomic E-state index is -0.0186. The third kappa shape index (κ3) is 1.67. The molecule has 4 atom stereocenters. The van der Waals surface area contributed by atoms with Crippen LogP contribution in [0.15, 0.2) is 0 Å². The van der Waals surface area contributed by atoms with Crippen molar-refractivity contribution in [1.82, 2.24) is 0 Å². The van der Waals surface area contributed by atoms with E-state index in [1.807, 2.05) is 0 Å². The van der Waals surface area contributed by atoms with Gasteiger partial charge in [-0.2, -0.15) is 0 Å². The molecule has 2 bridgehead atoms. The maximum Gasteiger partial charge on any atom is 0.457 e. The molecule has 17 heavy (non-hydrogen) atoms. The second-order valence-electron chi connectivity index (χ2n) is 6.73. The van der Waals surface area contributed by atoms with Crippen molar-refractivity contribution in [2.24, 2.45) is 17.3 Å². The average molecular weight is 301 g/mol. The molecule has 0 aromatic rings. The zero-order chi connectivity index (χ0) is 12.3. The normalized spacial score (nSPS) is 46.6. The van der Waals surface area contributed by atoms with Gasteiger partial charge >= 0.3 is 7.12 Å². The lowest BCUT2D eigenvalue weighted by Gasteiger charge is -2.64. The minimum Gasteiger partial charge on any atom is -0.405 e. The summed E-state index contributed by atoms with van der Waals surface area (Å²) in [5.41, 5.74) is 0.439. The second-order valence-corrected chi connectivity index (χ2v) is 7.52. The van der Waals surface area contributed by atoms with Crippen LogP contribution in [0, 0.1) is 17.3 Å². The molecule has 3 saturated carbocycles. The molecule has 96 valence electrons. The van der Waals surface area contributed by atoms with Crippen LogP contribution in [0.25, 0.3) is 0 Å². The van der Waals surface area contributed by atoms with Crippen LogP contribution in [0.2, 0.25) is 6.32 Å². The number of hydrogen-bond acceptors (Lipinski definition) is 2. The fourth-order valence-corrected chi connectivity index (χ4v) is 4.64. The van der Waals surface area contributed by atoms with Gasteiger partial charge < -0.3 is 9.31 Å². The van der Waals surface area contributed by atoms with E-state index in [0.29, 0.717) is 17.4 Å². The van der Waals surface area contributed by atoms with E-state index in [1.165, 1.54) is 12.8 Å². The lowest BCUT2D eigenvalue weighted by atomic mass is 9.43. The van der Waals surface area contributed by atoms with Crippen LogP contribution in [0.3, 0.4) is 0 Å². The number of rotatable bonds is 3. The van der Waals surface area contributed by atoms with Crippen LogP contribution in [0.1, 0.15) is 40.0 Å². The van der Waals surface area contributed by atoms with Crippen molar-refractivity contribution in [1.29, 1.82) is 0 Å². The summed E-state index contributed by atoms with van der Waals surface area (Å²) in [6, 6.07) is 0. The second kappa shape index (κ2) is 3.98. The van der Waals surface area contributed by atoms with Gasteiger partial charge in [-0.05, 0) is 49.8 Å². The summed E-state index contributed by atoms with van der Waals surface area (Å²) in [5, 5.41) is 1.04. The Balaban J connectivity index is 1.73. The Hall–Kier alpha value is 0.465. The minimum absolute atomic E-state index is 0.0186. The maximum atomic E-state index is 6.30. The quantitative estimate of drug-likeness (QED) is 0.587. The Morgan fingerprint density at radius 3 is 2.71 bits per heavy atom. The molecule has 4 fully saturated rings. The highest BCUT2D eigenvalue weighted by Gasteiger charge is 2.67. The van der Waals surface area contributed by atoms with Gasteiger partial charge in [0.05, 0.1) is 11.7 Å². The average Bonchev–Trinajstić information content (AvgIpc) is 2.61. The largest absolute Gasteiger partial charge is 0.457 e. The highest BCUT2D eigenvalue weighted by molar-refractivity contribution is 9.09. The summed E-state index contributed by atoms with van der Waals surface area (Å²) in [4.78, 5) is 0. The van der Waals surface area contributed by atoms with E-state index in [4.69, 9.17) is 9.31 Å². The predicted molar refractivity (Wildman–Crippen MR) is 73.3 cm³/mol. The number of alkyl halides is 1. The molecule has 0 radical (unpaired) electrons. The predicted octanol–water partition coefficient (Wildman–Crippen LogP) is 3.50. The van der Waals surface area contributed by atoms with Crippen LogP contribution < -0.4 is 0 Å². The van der Waals surface area contributed by atoms with Crippen LogP contribution in [-0.4, -0.2) is 24.2 Å². The first kappa shape index (κ1) is 12.5. The van der Waals surface area contributed by atoms with Gasteiger partial charge in [-0.3, -0.25) is 0 Å². The summed E-state index contributed by atoms with van der Waals surface area (Å²) >= 11 is 3.47. The molecule has 0 spiro atoms. The molecule has 0 N–H and O–H groups in total. The highest BCUT2D eigenvalue weighted by Crippen LogP contribution is 2.65. The van der Waals surface area contributed by atoms with E-state index >= 15 is 0 Å². The summed E-state index contributed by atoms with van der Waals surface area (Å²) in [6.07, 6.45) is 5.04. The summed E-state index contributed by atoms with van der Waals surface area (Å²) in [7, 11) is 0.0395. The summed E-state index contributed by atoms with van der Waals surface area (Å²) in [5.74, 6) is 1.54. The molecule has 1 saturated heterocycles. The molecule has 0 aromatic heterocycles. The van der Waals surface area contributed by atoms with Crippen molar-refractivity contribution in [3.63, 3.8) is 0 Å². The first-order valence-corrected chi connectivity index (χ1v) is 8.00. The summed E-state index contributed by atoms with van der Waals surface area (Å²) < 4.78 is 12.4. The van der Waals surface area contributed by atoms with Crippen LogP contribution in [0.4, 0.5) is 0 Å². The zero-order valence-corrected chi connectivity index (χ0v) is 12.6. The van der Waals surface area contributed by atoms with E-state index in [9.17, 15) is 0 Å². The van der Waals surface area contributed by atoms with Crippen molar-refractivity contribution < 1.29 is 9.31 Å². The van der Waals surface area contributed by atoms with E-state index in [0.717, 1.165) is 24.0 Å². The molecular formula is C13H22BBrO2. The van der Waals surface area contributed by atoms with Crippen LogP contribution in [0.5, 0.6) is 0 Å². The van der Waals surface area contributed by atoms with Crippen LogP contribution >= 0.6 is 15.9 Å². The first-order chi connectivity index (χ1) is 7.98. The third-order valence-corrected chi connectivity index (χ3v) is 6.14. The van der Waals surface area contributed by atoms with Gasteiger partial charge in [-0.15, -0.1) is 0 Å². The zero-order valence-electron chi connectivity index (χ0n) is 11.0. The summed E-state index contributed by atoms with van der Waals surface area (Å²) in [6.45, 7) is 7.10. The molecule has 1 heterocycles. The van der Waals surface area contributed by atoms with Crippen molar-refractivity contribution >= 4 is 23.0 Å². The molecular weight excluding hydrogens is 279 g/mol. The van der Waals surface area contributed by atoms with Gasteiger partial charge in [0.1, 0.15) is 0 Å². The van der Waals surface area contributed by atoms with Gasteiger partial charge in [-0.1, -0.05) is 29.8 Å². The van der Waals surface area contributed by atoms with Gasteiger partial charge in [0, 0.05) is 5.33 Å². The molecule has 4 rings (SSSR count). The lowest BCUT2D eigenvalue weighted by Crippen LogP contribution is -2.65. The molecule has 2 nitrogen and oxygen atoms in total. The number of halogens is 1. The molecule has 0 aromatic carbocycles. The molecule has 3 aliphatic carbocycles. The lowest BCUT2D eigenvalue weighted by molar-refractivity contribution is -0.199. The van der Waals surface area contributed by atoms with Crippen LogP contribution in [-0.2, 0) is 9.31 Å². The van der Waals surface area contributed by atoms with E-state index in [-0.39, 0.29) is 12.7 Å². The van der Waals surface area contributed by atoms with Gasteiger partial charge in [-0.25, -0.2) is 0 Å². The van der Waals surface area contributed by atoms with E-state index in [1.54, 1.807) is 0 Å². The molecule has 1 aliphatic heterocycles. The Bertz CT molecular complexity index is 323. The van der Waals surface area contributed by atoms with Gasteiger partial charge in [0.25, 0.3) is 0 Å². The topological polar surface area (TPSA) is 18.5 Å². The van der Waals surface area contributed by atoms with Crippen molar-refractivity contribution in [2.45, 2.75) is 58.1 Å². The standard InChI is InChI=1S/C13H22BBrO2/c1-12(2)9-7-10(12)13(3)11(8-9)16-14(17-13)5-4-6-15/h9-11H,4-8H2,1-3H3/t9-,10+,11-,13+/m1/s1. The van der Waals surface area contributed by atoms with Gasteiger partial charge in [0.15, 0.2) is 0 Å². The van der Waals surface area contributed by atoms with Crippen molar-refractivity contribution in [3.05, 3.63) is 0 Å². The third-order valence-electron chi connectivity index (χ3n) is 5.58. The van der Waals surface area contributed by atoms with E-state index < -0.39 is 0 Å². The van der Waals surface area contributed by atoms with Crippen molar-refractivity contribution in [2.75, 3.05) is 5.33 Å². The Kier molecular flexibility index (Phi) is 2.92. The fraction of sp³-hybridized carbons (Fsp3) is 1.00. The Morgan fingerprint density at radius 2 is 2.06 bits per heavy atom. The highest BCUT2D eigenvalue weighted by atomic mass is 79.9. The Labute approximate surface area is 113 Å². The molecule has 4 heteroatoms. The SMILES string of the molecule is CC1(C)[C@H]2C[C@H]3OB(CCCBr)O[C@@]3(C)[C@H]1C2. The van der Waals surface area contributed by atoms with Gasteiger partial charge in [0.2, 0.25) is 0 Å². The first-order valence-electron chi connectivity index (χ1n) is 6.87. The fourth-order valence-electron chi connectivity index (χ4n) is 4.32. The maximum absolute atomic E-state index is 6.30. The molecule has 0 amide bonds. The van der Waals surface area contributed by atoms with Crippen molar-refractivity contribution in [3.8, 4) is 0 Å². The molecule has 4 aliphatic rings.